The highest BCUT2D eigenvalue weighted by molar-refractivity contribution is 9.09. The summed E-state index contributed by atoms with van der Waals surface area (Å²) in [6.45, 7) is 0.694. The van der Waals surface area contributed by atoms with Crippen LogP contribution < -0.4 is 0 Å². The van der Waals surface area contributed by atoms with E-state index < -0.39 is 0 Å². The minimum Gasteiger partial charge on any atom is -0.298 e. The molecule has 1 saturated carbocycles. The van der Waals surface area contributed by atoms with Crippen LogP contribution in [-0.2, 0) is 6.54 Å². The molecular weight excluding hydrogens is 281 g/mol. The maximum Gasteiger partial charge on any atom is 0.127 e. The van der Waals surface area contributed by atoms with Gasteiger partial charge in [-0.1, -0.05) is 47.0 Å². The van der Waals surface area contributed by atoms with E-state index in [0.29, 0.717) is 17.4 Å². The van der Waals surface area contributed by atoms with E-state index in [9.17, 15) is 4.39 Å². The van der Waals surface area contributed by atoms with Crippen molar-refractivity contribution >= 4 is 15.9 Å². The van der Waals surface area contributed by atoms with Crippen molar-refractivity contribution in [3.63, 3.8) is 0 Å². The molecule has 0 heterocycles. The second-order valence-corrected chi connectivity index (χ2v) is 6.05. The maximum atomic E-state index is 13.6. The molecule has 0 amide bonds. The first-order chi connectivity index (χ1) is 8.18. The van der Waals surface area contributed by atoms with Gasteiger partial charge in [0, 0.05) is 23.0 Å². The van der Waals surface area contributed by atoms with Gasteiger partial charge in [-0.2, -0.15) is 0 Å². The van der Waals surface area contributed by atoms with E-state index in [1.54, 1.807) is 6.07 Å². The summed E-state index contributed by atoms with van der Waals surface area (Å²) in [7, 11) is 2.09. The lowest BCUT2D eigenvalue weighted by Crippen LogP contribution is -2.40. The Labute approximate surface area is 111 Å². The van der Waals surface area contributed by atoms with Crippen LogP contribution in [0.25, 0.3) is 0 Å². The molecule has 1 aliphatic rings. The number of halogens is 2. The van der Waals surface area contributed by atoms with Gasteiger partial charge < -0.3 is 0 Å². The number of nitrogens with zero attached hydrogens (tertiary/aromatic N) is 1. The van der Waals surface area contributed by atoms with Crippen molar-refractivity contribution in [3.8, 4) is 0 Å². The van der Waals surface area contributed by atoms with Crippen LogP contribution in [0.3, 0.4) is 0 Å². The van der Waals surface area contributed by atoms with Gasteiger partial charge in [0.1, 0.15) is 5.82 Å². The van der Waals surface area contributed by atoms with Gasteiger partial charge in [-0.25, -0.2) is 4.39 Å². The van der Waals surface area contributed by atoms with Crippen LogP contribution in [0.1, 0.15) is 31.2 Å². The normalized spacial score (nSPS) is 25.2. The Morgan fingerprint density at radius 1 is 1.29 bits per heavy atom. The van der Waals surface area contributed by atoms with E-state index in [1.807, 2.05) is 12.1 Å². The number of hydrogen-bond acceptors (Lipinski definition) is 1. The van der Waals surface area contributed by atoms with Crippen molar-refractivity contribution in [3.05, 3.63) is 35.6 Å². The standard InChI is InChI=1S/C14H19BrFN/c1-17(14-9-5-3-7-12(14)15)10-11-6-2-4-8-13(11)16/h2,4,6,8,12,14H,3,5,7,9-10H2,1H3. The molecular formula is C14H19BrFN. The van der Waals surface area contributed by atoms with Gasteiger partial charge in [0.25, 0.3) is 0 Å². The van der Waals surface area contributed by atoms with Gasteiger partial charge in [-0.05, 0) is 26.0 Å². The first kappa shape index (κ1) is 13.0. The fourth-order valence-electron chi connectivity index (χ4n) is 2.58. The van der Waals surface area contributed by atoms with E-state index in [-0.39, 0.29) is 5.82 Å². The summed E-state index contributed by atoms with van der Waals surface area (Å²) < 4.78 is 13.6. The molecule has 0 radical (unpaired) electrons. The van der Waals surface area contributed by atoms with Gasteiger partial charge in [0.15, 0.2) is 0 Å². The number of alkyl halides is 1. The van der Waals surface area contributed by atoms with Gasteiger partial charge in [-0.3, -0.25) is 4.90 Å². The van der Waals surface area contributed by atoms with E-state index >= 15 is 0 Å². The molecule has 2 rings (SSSR count). The first-order valence-corrected chi connectivity index (χ1v) is 7.18. The Hall–Kier alpha value is -0.410. The third-order valence-electron chi connectivity index (χ3n) is 3.59. The quantitative estimate of drug-likeness (QED) is 0.764. The van der Waals surface area contributed by atoms with Crippen molar-refractivity contribution in [2.75, 3.05) is 7.05 Å². The largest absolute Gasteiger partial charge is 0.298 e. The first-order valence-electron chi connectivity index (χ1n) is 6.26. The molecule has 2 atom stereocenters. The van der Waals surface area contributed by atoms with Gasteiger partial charge in [0.2, 0.25) is 0 Å². The minimum absolute atomic E-state index is 0.0960. The van der Waals surface area contributed by atoms with Crippen molar-refractivity contribution in [1.29, 1.82) is 0 Å². The molecule has 94 valence electrons. The zero-order valence-corrected chi connectivity index (χ0v) is 11.8. The average Bonchev–Trinajstić information content (AvgIpc) is 2.32. The minimum atomic E-state index is -0.0960. The van der Waals surface area contributed by atoms with Crippen LogP contribution in [0.4, 0.5) is 4.39 Å². The van der Waals surface area contributed by atoms with E-state index in [0.717, 1.165) is 5.56 Å². The summed E-state index contributed by atoms with van der Waals surface area (Å²) in [5, 5.41) is 0. The molecule has 1 fully saturated rings. The number of hydrogen-bond donors (Lipinski definition) is 0. The van der Waals surface area contributed by atoms with Crippen LogP contribution in [0.15, 0.2) is 24.3 Å². The second-order valence-electron chi connectivity index (χ2n) is 4.87. The fourth-order valence-corrected chi connectivity index (χ4v) is 3.57. The van der Waals surface area contributed by atoms with Crippen molar-refractivity contribution in [1.82, 2.24) is 4.90 Å². The summed E-state index contributed by atoms with van der Waals surface area (Å²) in [4.78, 5) is 2.82. The summed E-state index contributed by atoms with van der Waals surface area (Å²) in [6.07, 6.45) is 5.03. The highest BCUT2D eigenvalue weighted by atomic mass is 79.9. The Morgan fingerprint density at radius 3 is 2.71 bits per heavy atom. The SMILES string of the molecule is CN(Cc1ccccc1F)C1CCCCC1Br. The maximum absolute atomic E-state index is 13.6. The van der Waals surface area contributed by atoms with E-state index in [1.165, 1.54) is 31.7 Å². The molecule has 3 heteroatoms. The monoisotopic (exact) mass is 299 g/mol. The molecule has 1 aliphatic carbocycles. The van der Waals surface area contributed by atoms with E-state index in [2.05, 4.69) is 27.9 Å². The molecule has 0 N–H and O–H groups in total. The summed E-state index contributed by atoms with van der Waals surface area (Å²) in [5.41, 5.74) is 0.792. The topological polar surface area (TPSA) is 3.24 Å². The van der Waals surface area contributed by atoms with Crippen molar-refractivity contribution in [2.45, 2.75) is 43.1 Å². The Bertz CT molecular complexity index is 369. The fraction of sp³-hybridized carbons (Fsp3) is 0.571. The zero-order valence-electron chi connectivity index (χ0n) is 10.2. The molecule has 0 bridgehead atoms. The van der Waals surface area contributed by atoms with Crippen LogP contribution in [0.5, 0.6) is 0 Å². The van der Waals surface area contributed by atoms with Gasteiger partial charge in [0.05, 0.1) is 0 Å². The van der Waals surface area contributed by atoms with Crippen LogP contribution in [0, 0.1) is 5.82 Å². The lowest BCUT2D eigenvalue weighted by atomic mass is 9.94. The molecule has 1 aromatic rings. The van der Waals surface area contributed by atoms with Crippen molar-refractivity contribution in [2.24, 2.45) is 0 Å². The van der Waals surface area contributed by atoms with Gasteiger partial charge >= 0.3 is 0 Å². The lowest BCUT2D eigenvalue weighted by molar-refractivity contribution is 0.191. The summed E-state index contributed by atoms with van der Waals surface area (Å²) in [6, 6.07) is 7.59. The van der Waals surface area contributed by atoms with E-state index in [4.69, 9.17) is 0 Å². The summed E-state index contributed by atoms with van der Waals surface area (Å²) in [5.74, 6) is -0.0960. The van der Waals surface area contributed by atoms with Crippen LogP contribution >= 0.6 is 15.9 Å². The Kier molecular flexibility index (Phi) is 4.57. The molecule has 0 spiro atoms. The van der Waals surface area contributed by atoms with Crippen LogP contribution in [0.2, 0.25) is 0 Å². The second kappa shape index (κ2) is 5.96. The predicted molar refractivity (Wildman–Crippen MR) is 72.8 cm³/mol. The average molecular weight is 300 g/mol. The molecule has 17 heavy (non-hydrogen) atoms. The van der Waals surface area contributed by atoms with Gasteiger partial charge in [-0.15, -0.1) is 0 Å². The Morgan fingerprint density at radius 2 is 2.00 bits per heavy atom. The highest BCUT2D eigenvalue weighted by Gasteiger charge is 2.26. The van der Waals surface area contributed by atoms with Crippen molar-refractivity contribution < 1.29 is 4.39 Å². The molecule has 0 aliphatic heterocycles. The lowest BCUT2D eigenvalue weighted by Gasteiger charge is -2.35. The third-order valence-corrected chi connectivity index (χ3v) is 4.66. The molecule has 0 aromatic heterocycles. The van der Waals surface area contributed by atoms with Crippen LogP contribution in [-0.4, -0.2) is 22.8 Å². The number of rotatable bonds is 3. The smallest absolute Gasteiger partial charge is 0.127 e. The Balaban J connectivity index is 2.01. The number of benzene rings is 1. The predicted octanol–water partition coefficient (Wildman–Crippen LogP) is 3.96. The summed E-state index contributed by atoms with van der Waals surface area (Å²) >= 11 is 3.75. The molecule has 1 nitrogen and oxygen atoms in total. The molecule has 2 unspecified atom stereocenters. The molecule has 0 saturated heterocycles. The third kappa shape index (κ3) is 3.29. The molecule has 1 aromatic carbocycles. The highest BCUT2D eigenvalue weighted by Crippen LogP contribution is 2.28. The zero-order chi connectivity index (χ0) is 12.3.